The first-order valence-corrected chi connectivity index (χ1v) is 16.5. The lowest BCUT2D eigenvalue weighted by Crippen LogP contribution is -2.41. The third-order valence-electron chi connectivity index (χ3n) is 8.58. The van der Waals surface area contributed by atoms with Crippen LogP contribution >= 0.6 is 11.3 Å². The number of aromatic nitrogens is 2. The van der Waals surface area contributed by atoms with Gasteiger partial charge in [-0.1, -0.05) is 42.5 Å². The van der Waals surface area contributed by atoms with Gasteiger partial charge in [0.05, 0.1) is 47.4 Å². The molecule has 3 aromatic carbocycles. The number of ether oxygens (including phenoxy) is 2. The first-order chi connectivity index (χ1) is 23.4. The van der Waals surface area contributed by atoms with E-state index in [0.29, 0.717) is 36.5 Å². The van der Waals surface area contributed by atoms with Gasteiger partial charge in [0.2, 0.25) is 5.91 Å². The van der Waals surface area contributed by atoms with E-state index in [2.05, 4.69) is 10.2 Å². The quantitative estimate of drug-likeness (QED) is 0.171. The smallest absolute Gasteiger partial charge is 0.345 e. The second-order valence-corrected chi connectivity index (χ2v) is 12.6. The molecule has 0 saturated carbocycles. The zero-order valence-electron chi connectivity index (χ0n) is 26.2. The average molecular weight is 665 g/mol. The Hall–Kier alpha value is -5.10. The van der Waals surface area contributed by atoms with E-state index in [0.717, 1.165) is 57.6 Å². The molecule has 0 aliphatic carbocycles. The lowest BCUT2D eigenvalue weighted by Gasteiger charge is -2.26. The summed E-state index contributed by atoms with van der Waals surface area (Å²) in [5.74, 6) is -1.47. The molecule has 48 heavy (non-hydrogen) atoms. The van der Waals surface area contributed by atoms with Crippen LogP contribution in [0.3, 0.4) is 0 Å². The number of carbonyl (C=O) groups is 2. The fourth-order valence-electron chi connectivity index (χ4n) is 6.20. The molecule has 1 fully saturated rings. The Labute approximate surface area is 280 Å². The van der Waals surface area contributed by atoms with Crippen molar-refractivity contribution in [3.05, 3.63) is 95.6 Å². The molecule has 3 aromatic heterocycles. The van der Waals surface area contributed by atoms with Crippen molar-refractivity contribution >= 4 is 44.3 Å². The summed E-state index contributed by atoms with van der Waals surface area (Å²) in [6.45, 7) is 4.28. The number of carboxylic acid groups (broad SMARTS) is 1. The summed E-state index contributed by atoms with van der Waals surface area (Å²) in [6, 6.07) is 25.9. The standard InChI is InChI=1S/C37H33FN4O5S/c1-46-31-12-9-25(20-27(31)38)29-10-7-24-19-26(8-11-28(24)40-29)35-34(23-5-3-2-4-6-23)36-30(21-32(48-36)37(44)45)42(35)22-33(43)39-13-14-41-15-17-47-18-16-41/h2-12,19-21H,13-18,22H2,1H3,(H,39,43)(H,44,45). The molecule has 2 N–H and O–H groups in total. The van der Waals surface area contributed by atoms with Crippen LogP contribution in [-0.4, -0.2) is 77.9 Å². The van der Waals surface area contributed by atoms with Crippen LogP contribution in [-0.2, 0) is 16.1 Å². The number of hydrogen-bond donors (Lipinski definition) is 2. The third-order valence-corrected chi connectivity index (χ3v) is 9.71. The predicted molar refractivity (Wildman–Crippen MR) is 185 cm³/mol. The van der Waals surface area contributed by atoms with Crippen LogP contribution in [0.2, 0.25) is 0 Å². The number of nitrogens with zero attached hydrogens (tertiary/aromatic N) is 3. The fourth-order valence-corrected chi connectivity index (χ4v) is 7.27. The topological polar surface area (TPSA) is 106 Å². The van der Waals surface area contributed by atoms with Crippen molar-refractivity contribution in [1.29, 1.82) is 0 Å². The zero-order chi connectivity index (χ0) is 33.2. The number of hydrogen-bond acceptors (Lipinski definition) is 7. The molecular formula is C37H33FN4O5S. The molecule has 0 unspecified atom stereocenters. The van der Waals surface area contributed by atoms with Crippen molar-refractivity contribution < 1.29 is 28.6 Å². The maximum absolute atomic E-state index is 14.5. The number of nitrogens with one attached hydrogen (secondary N) is 1. The van der Waals surface area contributed by atoms with E-state index in [9.17, 15) is 19.1 Å². The van der Waals surface area contributed by atoms with Gasteiger partial charge in [0.25, 0.3) is 0 Å². The second kappa shape index (κ2) is 13.6. The van der Waals surface area contributed by atoms with Crippen LogP contribution in [0.5, 0.6) is 5.75 Å². The molecule has 0 bridgehead atoms. The largest absolute Gasteiger partial charge is 0.494 e. The van der Waals surface area contributed by atoms with Gasteiger partial charge < -0.3 is 24.5 Å². The number of pyridine rings is 1. The SMILES string of the molecule is COc1ccc(-c2ccc3cc(-c4c(-c5ccccc5)c5sc(C(=O)O)cc5n4CC(=O)NCCN4CCOCC4)ccc3n2)cc1F. The Balaban J connectivity index is 1.30. The molecular weight excluding hydrogens is 631 g/mol. The maximum Gasteiger partial charge on any atom is 0.345 e. The highest BCUT2D eigenvalue weighted by Crippen LogP contribution is 2.45. The summed E-state index contributed by atoms with van der Waals surface area (Å²) in [6.07, 6.45) is 0. The third kappa shape index (κ3) is 6.27. The number of methoxy groups -OCH3 is 1. The van der Waals surface area contributed by atoms with E-state index in [1.54, 1.807) is 18.2 Å². The Bertz CT molecular complexity index is 2140. The normalized spacial score (nSPS) is 13.6. The van der Waals surface area contributed by atoms with Crippen LogP contribution in [0.1, 0.15) is 9.67 Å². The Morgan fingerprint density at radius 1 is 0.979 bits per heavy atom. The van der Waals surface area contributed by atoms with E-state index < -0.39 is 11.8 Å². The second-order valence-electron chi connectivity index (χ2n) is 11.6. The molecule has 11 heteroatoms. The number of aromatic carboxylic acids is 1. The molecule has 6 aromatic rings. The molecule has 1 aliphatic heterocycles. The van der Waals surface area contributed by atoms with Crippen molar-refractivity contribution in [3.63, 3.8) is 0 Å². The van der Waals surface area contributed by atoms with Crippen LogP contribution < -0.4 is 10.1 Å². The minimum Gasteiger partial charge on any atom is -0.494 e. The van der Waals surface area contributed by atoms with Crippen LogP contribution in [0, 0.1) is 5.82 Å². The summed E-state index contributed by atoms with van der Waals surface area (Å²) < 4.78 is 27.7. The molecule has 1 amide bonds. The number of benzene rings is 3. The van der Waals surface area contributed by atoms with Crippen LogP contribution in [0.15, 0.2) is 84.9 Å². The van der Waals surface area contributed by atoms with Crippen molar-refractivity contribution in [2.45, 2.75) is 6.54 Å². The lowest BCUT2D eigenvalue weighted by atomic mass is 9.99. The number of carboxylic acids is 1. The summed E-state index contributed by atoms with van der Waals surface area (Å²) in [7, 11) is 1.43. The molecule has 0 atom stereocenters. The lowest BCUT2D eigenvalue weighted by molar-refractivity contribution is -0.121. The number of amides is 1. The van der Waals surface area contributed by atoms with Gasteiger partial charge in [0.15, 0.2) is 11.6 Å². The predicted octanol–water partition coefficient (Wildman–Crippen LogP) is 6.55. The number of fused-ring (bicyclic) bond motifs is 2. The van der Waals surface area contributed by atoms with E-state index >= 15 is 0 Å². The highest BCUT2D eigenvalue weighted by atomic mass is 32.1. The van der Waals surface area contributed by atoms with Gasteiger partial charge in [0, 0.05) is 42.7 Å². The van der Waals surface area contributed by atoms with Crippen LogP contribution in [0.4, 0.5) is 4.39 Å². The van der Waals surface area contributed by atoms with Crippen molar-refractivity contribution in [1.82, 2.24) is 19.8 Å². The van der Waals surface area contributed by atoms with Gasteiger partial charge in [-0.2, -0.15) is 0 Å². The molecule has 244 valence electrons. The molecule has 1 aliphatic rings. The maximum atomic E-state index is 14.5. The van der Waals surface area contributed by atoms with E-state index in [4.69, 9.17) is 14.5 Å². The number of halogens is 1. The Kier molecular flexibility index (Phi) is 8.90. The zero-order valence-corrected chi connectivity index (χ0v) is 27.1. The van der Waals surface area contributed by atoms with Crippen molar-refractivity contribution in [3.8, 4) is 39.4 Å². The molecule has 9 nitrogen and oxygen atoms in total. The van der Waals surface area contributed by atoms with Gasteiger partial charge in [0.1, 0.15) is 11.4 Å². The molecule has 0 spiro atoms. The molecule has 7 rings (SSSR count). The summed E-state index contributed by atoms with van der Waals surface area (Å²) in [5, 5.41) is 13.8. The molecule has 1 saturated heterocycles. The summed E-state index contributed by atoms with van der Waals surface area (Å²) in [5.41, 5.74) is 6.11. The summed E-state index contributed by atoms with van der Waals surface area (Å²) >= 11 is 1.20. The number of morpholine rings is 1. The van der Waals surface area contributed by atoms with E-state index in [1.807, 2.05) is 65.2 Å². The van der Waals surface area contributed by atoms with E-state index in [-0.39, 0.29) is 23.1 Å². The van der Waals surface area contributed by atoms with Crippen molar-refractivity contribution in [2.24, 2.45) is 0 Å². The van der Waals surface area contributed by atoms with Crippen LogP contribution in [0.25, 0.3) is 54.8 Å². The highest BCUT2D eigenvalue weighted by Gasteiger charge is 2.25. The number of rotatable bonds is 10. The first kappa shape index (κ1) is 31.5. The summed E-state index contributed by atoms with van der Waals surface area (Å²) in [4.78, 5) is 32.9. The number of carbonyl (C=O) groups excluding carboxylic acids is 1. The van der Waals surface area contributed by atoms with E-state index in [1.165, 1.54) is 24.5 Å². The molecule has 4 heterocycles. The van der Waals surface area contributed by atoms with Gasteiger partial charge >= 0.3 is 5.97 Å². The monoisotopic (exact) mass is 664 g/mol. The fraction of sp³-hybridized carbons (Fsp3) is 0.216. The Morgan fingerprint density at radius 3 is 2.52 bits per heavy atom. The average Bonchev–Trinajstić information content (AvgIpc) is 3.67. The highest BCUT2D eigenvalue weighted by molar-refractivity contribution is 7.21. The van der Waals surface area contributed by atoms with Gasteiger partial charge in [-0.15, -0.1) is 11.3 Å². The van der Waals surface area contributed by atoms with Crippen molar-refractivity contribution in [2.75, 3.05) is 46.5 Å². The minimum atomic E-state index is -1.01. The minimum absolute atomic E-state index is 0.00975. The first-order valence-electron chi connectivity index (χ1n) is 15.7. The van der Waals surface area contributed by atoms with Gasteiger partial charge in [-0.25, -0.2) is 14.2 Å². The van der Waals surface area contributed by atoms with Gasteiger partial charge in [-0.05, 0) is 53.6 Å². The number of thiophene rings is 1. The Morgan fingerprint density at radius 2 is 1.77 bits per heavy atom. The van der Waals surface area contributed by atoms with Gasteiger partial charge in [-0.3, -0.25) is 9.69 Å². The molecule has 0 radical (unpaired) electrons.